The van der Waals surface area contributed by atoms with Gasteiger partial charge in [-0.3, -0.25) is 13.3 Å². The maximum atomic E-state index is 13.1. The number of carbonyl (C=O) groups is 1. The van der Waals surface area contributed by atoms with E-state index in [-0.39, 0.29) is 29.4 Å². The molecule has 0 saturated carbocycles. The quantitative estimate of drug-likeness (QED) is 0.286. The van der Waals surface area contributed by atoms with Gasteiger partial charge in [-0.05, 0) is 47.9 Å². The Morgan fingerprint density at radius 2 is 1.80 bits per heavy atom. The third-order valence-corrected chi connectivity index (χ3v) is 6.85. The van der Waals surface area contributed by atoms with Crippen LogP contribution in [-0.2, 0) is 24.1 Å². The summed E-state index contributed by atoms with van der Waals surface area (Å²) in [5.74, 6) is -0.630. The molecule has 1 atom stereocenters. The summed E-state index contributed by atoms with van der Waals surface area (Å²) in [6.07, 6.45) is 0.875. The number of rotatable bonds is 9. The van der Waals surface area contributed by atoms with Crippen molar-refractivity contribution < 1.29 is 17.9 Å². The highest BCUT2D eigenvalue weighted by Gasteiger charge is 2.24. The van der Waals surface area contributed by atoms with E-state index in [0.717, 1.165) is 27.2 Å². The molecular weight excluding hydrogens is 555 g/mol. The van der Waals surface area contributed by atoms with Gasteiger partial charge in [-0.15, -0.1) is 0 Å². The van der Waals surface area contributed by atoms with Crippen LogP contribution in [0, 0.1) is 5.82 Å². The smallest absolute Gasteiger partial charge is 0.253 e. The minimum atomic E-state index is -2.77. The molecule has 0 bridgehead atoms. The lowest BCUT2D eigenvalue weighted by Crippen LogP contribution is -2.29. The largest absolute Gasteiger partial charge is 0.755 e. The van der Waals surface area contributed by atoms with E-state index in [0.29, 0.717) is 23.0 Å². The number of amides is 1. The van der Waals surface area contributed by atoms with Crippen molar-refractivity contribution in [1.82, 2.24) is 14.1 Å². The summed E-state index contributed by atoms with van der Waals surface area (Å²) in [5.41, 5.74) is 2.60. The van der Waals surface area contributed by atoms with Crippen LogP contribution in [0.5, 0.6) is 0 Å². The van der Waals surface area contributed by atoms with E-state index in [1.807, 2.05) is 30.3 Å². The van der Waals surface area contributed by atoms with E-state index in [1.54, 1.807) is 30.3 Å². The van der Waals surface area contributed by atoms with Gasteiger partial charge in [0, 0.05) is 17.4 Å². The summed E-state index contributed by atoms with van der Waals surface area (Å²) >= 11 is 1.49. The molecule has 0 aliphatic rings. The van der Waals surface area contributed by atoms with E-state index in [2.05, 4.69) is 30.0 Å². The molecule has 1 unspecified atom stereocenters. The Balaban J connectivity index is 1.60. The first-order chi connectivity index (χ1) is 16.9. The summed E-state index contributed by atoms with van der Waals surface area (Å²) < 4.78 is 48.0. The topological polar surface area (TPSA) is 98.2 Å². The van der Waals surface area contributed by atoms with Crippen molar-refractivity contribution in [2.45, 2.75) is 12.8 Å². The fraction of sp³-hybridized carbons (Fsp3) is 0.125. The molecule has 0 spiro atoms. The van der Waals surface area contributed by atoms with Crippen LogP contribution in [0.4, 0.5) is 15.9 Å². The van der Waals surface area contributed by atoms with Crippen LogP contribution in [-0.4, -0.2) is 30.0 Å². The molecule has 1 amide bonds. The highest BCUT2D eigenvalue weighted by molar-refractivity contribution is 9.10. The molecule has 0 aliphatic heterocycles. The van der Waals surface area contributed by atoms with Crippen LogP contribution in [0.2, 0.25) is 0 Å². The Labute approximate surface area is 216 Å². The van der Waals surface area contributed by atoms with Crippen LogP contribution < -0.4 is 9.62 Å². The van der Waals surface area contributed by atoms with Gasteiger partial charge in [0.05, 0.1) is 34.2 Å². The molecule has 11 heteroatoms. The Morgan fingerprint density at radius 1 is 1.06 bits per heavy atom. The van der Waals surface area contributed by atoms with E-state index in [9.17, 15) is 17.9 Å². The maximum Gasteiger partial charge on any atom is 0.253 e. The summed E-state index contributed by atoms with van der Waals surface area (Å²) in [6.45, 7) is 0.290. The van der Waals surface area contributed by atoms with Crippen LogP contribution in [0.1, 0.15) is 27.2 Å². The van der Waals surface area contributed by atoms with Gasteiger partial charge in [0.1, 0.15) is 11.5 Å². The third-order valence-electron chi connectivity index (χ3n) is 5.13. The lowest BCUT2D eigenvalue weighted by atomic mass is 10.1. The molecule has 35 heavy (non-hydrogen) atoms. The fourth-order valence-electron chi connectivity index (χ4n) is 3.45. The Bertz CT molecular complexity index is 1340. The number of benzene rings is 3. The number of nitrogens with zero attached hydrogens (tertiary/aromatic N) is 3. The van der Waals surface area contributed by atoms with Gasteiger partial charge >= 0.3 is 0 Å². The van der Waals surface area contributed by atoms with E-state index in [1.165, 1.54) is 12.1 Å². The number of hydrogen-bond acceptors (Lipinski definition) is 6. The van der Waals surface area contributed by atoms with Crippen LogP contribution in [0.3, 0.4) is 0 Å². The molecular formula is C24H19BrFN4O3S2-. The molecule has 3 aromatic carbocycles. The molecule has 1 N–H and O–H groups in total. The molecule has 0 aliphatic carbocycles. The zero-order valence-corrected chi connectivity index (χ0v) is 21.4. The molecule has 7 nitrogen and oxygen atoms in total. The third kappa shape index (κ3) is 6.37. The van der Waals surface area contributed by atoms with Crippen molar-refractivity contribution in [3.8, 4) is 0 Å². The molecule has 4 rings (SSSR count). The fourth-order valence-corrected chi connectivity index (χ4v) is 5.00. The van der Waals surface area contributed by atoms with Gasteiger partial charge in [0.15, 0.2) is 5.82 Å². The summed E-state index contributed by atoms with van der Waals surface area (Å²) in [6, 6.07) is 20.3. The second-order valence-electron chi connectivity index (χ2n) is 7.50. The number of aromatic nitrogens is 2. The van der Waals surface area contributed by atoms with Gasteiger partial charge < -0.3 is 9.87 Å². The van der Waals surface area contributed by atoms with Crippen LogP contribution >= 0.6 is 27.7 Å². The van der Waals surface area contributed by atoms with Crippen molar-refractivity contribution in [1.29, 1.82) is 0 Å². The Morgan fingerprint density at radius 3 is 2.51 bits per heavy atom. The first-order valence-electron chi connectivity index (χ1n) is 10.5. The van der Waals surface area contributed by atoms with Gasteiger partial charge in [-0.25, -0.2) is 4.39 Å². The number of nitrogens with one attached hydrogen (secondary N) is 1. The predicted octanol–water partition coefficient (Wildman–Crippen LogP) is 4.94. The highest BCUT2D eigenvalue weighted by atomic mass is 79.9. The summed E-state index contributed by atoms with van der Waals surface area (Å²) in [5, 5.41) is 2.81. The molecule has 4 aromatic rings. The standard InChI is InChI=1S/C24H20BrFN4O3S2/c25-18-8-11-20(24(31)27-13-12-16-6-9-19(26)10-7-16)22(15-18)30(35(32)33)23-21(28-34-29-23)14-17-4-2-1-3-5-17/h1-11,15H,12-14H2,(H,27,31)(H,32,33)/p-1. The minimum absolute atomic E-state index is 0.144. The van der Waals surface area contributed by atoms with Gasteiger partial charge in [0.2, 0.25) is 0 Å². The predicted molar refractivity (Wildman–Crippen MR) is 137 cm³/mol. The van der Waals surface area contributed by atoms with Gasteiger partial charge in [-0.2, -0.15) is 8.75 Å². The van der Waals surface area contributed by atoms with Gasteiger partial charge in [0.25, 0.3) is 5.91 Å². The summed E-state index contributed by atoms with van der Waals surface area (Å²) in [4.78, 5) is 13.0. The maximum absolute atomic E-state index is 13.1. The van der Waals surface area contributed by atoms with Crippen molar-refractivity contribution in [2.24, 2.45) is 0 Å². The van der Waals surface area contributed by atoms with Crippen molar-refractivity contribution in [2.75, 3.05) is 10.8 Å². The first kappa shape index (κ1) is 25.1. The molecule has 1 heterocycles. The van der Waals surface area contributed by atoms with Gasteiger partial charge in [-0.1, -0.05) is 58.4 Å². The normalized spacial score (nSPS) is 11.7. The highest BCUT2D eigenvalue weighted by Crippen LogP contribution is 2.34. The second kappa shape index (κ2) is 11.6. The molecule has 1 aromatic heterocycles. The lowest BCUT2D eigenvalue weighted by Gasteiger charge is -2.27. The molecule has 180 valence electrons. The van der Waals surface area contributed by atoms with Crippen molar-refractivity contribution in [3.63, 3.8) is 0 Å². The number of anilines is 2. The van der Waals surface area contributed by atoms with E-state index >= 15 is 0 Å². The second-order valence-corrected chi connectivity index (χ2v) is 9.75. The SMILES string of the molecule is O=C(NCCc1ccc(F)cc1)c1ccc(Br)cc1N(c1nsnc1Cc1ccccc1)S(=O)[O-]. The Hall–Kier alpha value is -2.99. The number of carbonyl (C=O) groups excluding carboxylic acids is 1. The summed E-state index contributed by atoms with van der Waals surface area (Å²) in [7, 11) is 0. The first-order valence-corrected chi connectivity index (χ1v) is 13.0. The van der Waals surface area contributed by atoms with Crippen molar-refractivity contribution >= 4 is 56.3 Å². The van der Waals surface area contributed by atoms with Crippen molar-refractivity contribution in [3.05, 3.63) is 105 Å². The van der Waals surface area contributed by atoms with Crippen LogP contribution in [0.15, 0.2) is 77.3 Å². The van der Waals surface area contributed by atoms with E-state index < -0.39 is 17.2 Å². The lowest BCUT2D eigenvalue weighted by molar-refractivity contribution is 0.0955. The molecule has 0 fully saturated rings. The average Bonchev–Trinajstić information content (AvgIpc) is 3.28. The monoisotopic (exact) mass is 573 g/mol. The van der Waals surface area contributed by atoms with E-state index in [4.69, 9.17) is 0 Å². The molecule has 0 saturated heterocycles. The zero-order valence-electron chi connectivity index (χ0n) is 18.2. The molecule has 0 radical (unpaired) electrons. The van der Waals surface area contributed by atoms with Crippen LogP contribution in [0.25, 0.3) is 0 Å². The zero-order chi connectivity index (χ0) is 24.8. The average molecular weight is 574 g/mol. The number of hydrogen-bond donors (Lipinski definition) is 1. The minimum Gasteiger partial charge on any atom is -0.755 e. The Kier molecular flexibility index (Phi) is 8.34. The number of halogens is 2.